The minimum atomic E-state index is 0. The number of aryl methyl sites for hydroxylation is 1. The van der Waals surface area contributed by atoms with E-state index in [9.17, 15) is 4.79 Å². The summed E-state index contributed by atoms with van der Waals surface area (Å²) in [5, 5.41) is 4.22. The molecule has 1 fully saturated rings. The van der Waals surface area contributed by atoms with Gasteiger partial charge in [-0.25, -0.2) is 4.98 Å². The first-order chi connectivity index (χ1) is 10.7. The Kier molecular flexibility index (Phi) is 8.16. The van der Waals surface area contributed by atoms with Gasteiger partial charge >= 0.3 is 0 Å². The third-order valence-electron chi connectivity index (χ3n) is 4.20. The van der Waals surface area contributed by atoms with Crippen LogP contribution in [-0.4, -0.2) is 42.0 Å². The highest BCUT2D eigenvalue weighted by Gasteiger charge is 2.25. The number of halogens is 2. The van der Waals surface area contributed by atoms with Crippen LogP contribution in [0.1, 0.15) is 28.2 Å². The van der Waals surface area contributed by atoms with Crippen LogP contribution in [0.3, 0.4) is 0 Å². The zero-order chi connectivity index (χ0) is 15.5. The van der Waals surface area contributed by atoms with Gasteiger partial charge in [0, 0.05) is 24.7 Å². The number of carbonyl (C=O) groups is 1. The molecule has 132 valence electrons. The van der Waals surface area contributed by atoms with Gasteiger partial charge in [0.15, 0.2) is 0 Å². The van der Waals surface area contributed by atoms with Crippen LogP contribution in [0, 0.1) is 6.92 Å². The highest BCUT2D eigenvalue weighted by molar-refractivity contribution is 7.17. The summed E-state index contributed by atoms with van der Waals surface area (Å²) >= 11 is 1.50. The average molecular weight is 388 g/mol. The molecule has 24 heavy (non-hydrogen) atoms. The molecule has 2 heterocycles. The van der Waals surface area contributed by atoms with E-state index in [-0.39, 0.29) is 30.7 Å². The number of hydrogen-bond donors (Lipinski definition) is 1. The van der Waals surface area contributed by atoms with E-state index in [0.717, 1.165) is 47.1 Å². The molecular weight excluding hydrogens is 365 g/mol. The Morgan fingerprint density at radius 1 is 1.21 bits per heavy atom. The van der Waals surface area contributed by atoms with Crippen LogP contribution in [-0.2, 0) is 0 Å². The van der Waals surface area contributed by atoms with Gasteiger partial charge in [0.25, 0.3) is 5.91 Å². The number of hydrogen-bond acceptors (Lipinski definition) is 4. The molecule has 2 aromatic rings. The summed E-state index contributed by atoms with van der Waals surface area (Å²) in [5.74, 6) is 0.131. The summed E-state index contributed by atoms with van der Waals surface area (Å²) in [6, 6.07) is 10.6. The third-order valence-corrected chi connectivity index (χ3v) is 5.40. The molecule has 0 atom stereocenters. The summed E-state index contributed by atoms with van der Waals surface area (Å²) in [4.78, 5) is 20.1. The van der Waals surface area contributed by atoms with Crippen molar-refractivity contribution in [3.05, 3.63) is 40.9 Å². The Morgan fingerprint density at radius 3 is 2.42 bits per heavy atom. The molecule has 4 nitrogen and oxygen atoms in total. The SMILES string of the molecule is CNC1CCN(C(=O)c2sc(-c3ccccc3)nc2C)CC1.Cl.Cl. The monoisotopic (exact) mass is 387 g/mol. The fraction of sp³-hybridized carbons (Fsp3) is 0.412. The van der Waals surface area contributed by atoms with Crippen LogP contribution in [0.5, 0.6) is 0 Å². The smallest absolute Gasteiger partial charge is 0.265 e. The minimum Gasteiger partial charge on any atom is -0.338 e. The van der Waals surface area contributed by atoms with Gasteiger partial charge in [-0.1, -0.05) is 30.3 Å². The number of likely N-dealkylation sites (tertiary alicyclic amines) is 1. The number of piperidine rings is 1. The topological polar surface area (TPSA) is 45.2 Å². The molecule has 1 N–H and O–H groups in total. The molecule has 0 aliphatic carbocycles. The number of aromatic nitrogens is 1. The van der Waals surface area contributed by atoms with Crippen molar-refractivity contribution in [1.82, 2.24) is 15.2 Å². The number of carbonyl (C=O) groups excluding carboxylic acids is 1. The number of nitrogens with one attached hydrogen (secondary N) is 1. The molecule has 0 spiro atoms. The van der Waals surface area contributed by atoms with E-state index in [1.807, 2.05) is 49.2 Å². The number of nitrogens with zero attached hydrogens (tertiary/aromatic N) is 2. The van der Waals surface area contributed by atoms with Gasteiger partial charge in [-0.15, -0.1) is 36.2 Å². The molecule has 1 aromatic heterocycles. The predicted molar refractivity (Wildman–Crippen MR) is 105 cm³/mol. The fourth-order valence-electron chi connectivity index (χ4n) is 2.81. The molecule has 0 saturated carbocycles. The molecule has 1 aliphatic heterocycles. The number of thiazole rings is 1. The van der Waals surface area contributed by atoms with Gasteiger partial charge in [0.1, 0.15) is 9.88 Å². The van der Waals surface area contributed by atoms with Crippen molar-refractivity contribution in [2.75, 3.05) is 20.1 Å². The molecule has 1 saturated heterocycles. The number of rotatable bonds is 3. The first-order valence-corrected chi connectivity index (χ1v) is 8.50. The quantitative estimate of drug-likeness (QED) is 0.870. The van der Waals surface area contributed by atoms with Crippen molar-refractivity contribution in [2.45, 2.75) is 25.8 Å². The Hall–Kier alpha value is -1.14. The summed E-state index contributed by atoms with van der Waals surface area (Å²) < 4.78 is 0. The van der Waals surface area contributed by atoms with Crippen molar-refractivity contribution >= 4 is 42.1 Å². The first kappa shape index (κ1) is 20.9. The molecule has 0 radical (unpaired) electrons. The summed E-state index contributed by atoms with van der Waals surface area (Å²) in [6.07, 6.45) is 2.04. The van der Waals surface area contributed by atoms with E-state index >= 15 is 0 Å². The normalized spacial score (nSPS) is 14.7. The second-order valence-electron chi connectivity index (χ2n) is 5.65. The third kappa shape index (κ3) is 4.48. The lowest BCUT2D eigenvalue weighted by Gasteiger charge is -2.31. The van der Waals surface area contributed by atoms with Crippen molar-refractivity contribution in [3.63, 3.8) is 0 Å². The molecule has 3 rings (SSSR count). The van der Waals surface area contributed by atoms with Crippen LogP contribution < -0.4 is 5.32 Å². The van der Waals surface area contributed by atoms with Crippen molar-refractivity contribution in [1.29, 1.82) is 0 Å². The van der Waals surface area contributed by atoms with Gasteiger partial charge in [-0.2, -0.15) is 0 Å². The fourth-order valence-corrected chi connectivity index (χ4v) is 3.85. The Balaban J connectivity index is 0.00000144. The van der Waals surface area contributed by atoms with E-state index < -0.39 is 0 Å². The van der Waals surface area contributed by atoms with Crippen molar-refractivity contribution in [2.24, 2.45) is 0 Å². The second kappa shape index (κ2) is 9.37. The number of amides is 1. The molecule has 1 aromatic carbocycles. The second-order valence-corrected chi connectivity index (χ2v) is 6.65. The Labute approximate surface area is 159 Å². The Morgan fingerprint density at radius 2 is 1.83 bits per heavy atom. The molecule has 1 amide bonds. The van der Waals surface area contributed by atoms with E-state index in [4.69, 9.17) is 0 Å². The lowest BCUT2D eigenvalue weighted by Crippen LogP contribution is -2.43. The lowest BCUT2D eigenvalue weighted by atomic mass is 10.1. The van der Waals surface area contributed by atoms with E-state index in [1.54, 1.807) is 0 Å². The summed E-state index contributed by atoms with van der Waals surface area (Å²) in [6.45, 7) is 3.57. The van der Waals surface area contributed by atoms with Crippen LogP contribution in [0.4, 0.5) is 0 Å². The van der Waals surface area contributed by atoms with Gasteiger partial charge in [0.2, 0.25) is 0 Å². The maximum absolute atomic E-state index is 12.7. The number of benzene rings is 1. The maximum Gasteiger partial charge on any atom is 0.265 e. The van der Waals surface area contributed by atoms with Crippen molar-refractivity contribution in [3.8, 4) is 10.6 Å². The van der Waals surface area contributed by atoms with Crippen LogP contribution in [0.15, 0.2) is 30.3 Å². The standard InChI is InChI=1S/C17H21N3OS.2ClH/c1-12-15(17(21)20-10-8-14(18-2)9-11-20)22-16(19-12)13-6-4-3-5-7-13;;/h3-7,14,18H,8-11H2,1-2H3;2*1H. The van der Waals surface area contributed by atoms with Gasteiger partial charge in [-0.05, 0) is 26.8 Å². The highest BCUT2D eigenvalue weighted by Crippen LogP contribution is 2.29. The maximum atomic E-state index is 12.7. The lowest BCUT2D eigenvalue weighted by molar-refractivity contribution is 0.0711. The van der Waals surface area contributed by atoms with Crippen LogP contribution in [0.2, 0.25) is 0 Å². The zero-order valence-electron chi connectivity index (χ0n) is 13.8. The molecular formula is C17H23Cl2N3OS. The highest BCUT2D eigenvalue weighted by atomic mass is 35.5. The van der Waals surface area contributed by atoms with E-state index in [0.29, 0.717) is 6.04 Å². The van der Waals surface area contributed by atoms with Crippen LogP contribution in [0.25, 0.3) is 10.6 Å². The predicted octanol–water partition coefficient (Wildman–Crippen LogP) is 3.79. The summed E-state index contributed by atoms with van der Waals surface area (Å²) in [7, 11) is 1.99. The van der Waals surface area contributed by atoms with Gasteiger partial charge < -0.3 is 10.2 Å². The largest absolute Gasteiger partial charge is 0.338 e. The summed E-state index contributed by atoms with van der Waals surface area (Å²) in [5.41, 5.74) is 1.91. The van der Waals surface area contributed by atoms with Crippen LogP contribution >= 0.6 is 36.2 Å². The van der Waals surface area contributed by atoms with Gasteiger partial charge in [0.05, 0.1) is 5.69 Å². The first-order valence-electron chi connectivity index (χ1n) is 7.68. The molecule has 1 aliphatic rings. The van der Waals surface area contributed by atoms with E-state index in [2.05, 4.69) is 10.3 Å². The van der Waals surface area contributed by atoms with Crippen molar-refractivity contribution < 1.29 is 4.79 Å². The zero-order valence-corrected chi connectivity index (χ0v) is 16.3. The molecule has 7 heteroatoms. The van der Waals surface area contributed by atoms with E-state index in [1.165, 1.54) is 11.3 Å². The molecule has 0 unspecified atom stereocenters. The Bertz CT molecular complexity index is 655. The minimum absolute atomic E-state index is 0. The average Bonchev–Trinajstić information content (AvgIpc) is 2.97. The van der Waals surface area contributed by atoms with Gasteiger partial charge in [-0.3, -0.25) is 4.79 Å². The molecule has 0 bridgehead atoms.